The summed E-state index contributed by atoms with van der Waals surface area (Å²) < 4.78 is 7.08. The number of nitrogens with one attached hydrogen (secondary N) is 1. The van der Waals surface area contributed by atoms with Crippen LogP contribution >= 0.6 is 0 Å². The number of rotatable bonds is 11. The van der Waals surface area contributed by atoms with Crippen LogP contribution in [0.5, 0.6) is 6.01 Å². The standard InChI is InChI=1S/C21H28N6O4/c1-3-4-10-31-20-24-18(22)17-19(25-20)27(21(30)23-17)9-8-26(2)13-15-7-5-6-14(11-15)12-16(28)29/h5-7,11H,3-4,8-10,12-13H2,1-2H3,(H,23,30)(H,28,29)(H2,22,24,25). The number of unbranched alkanes of at least 4 members (excludes halogenated alkanes) is 1. The van der Waals surface area contributed by atoms with Crippen LogP contribution in [0, 0.1) is 0 Å². The zero-order chi connectivity index (χ0) is 22.4. The molecular weight excluding hydrogens is 400 g/mol. The Morgan fingerprint density at radius 3 is 2.84 bits per heavy atom. The Hall–Kier alpha value is -3.40. The minimum Gasteiger partial charge on any atom is -0.481 e. The fourth-order valence-electron chi connectivity index (χ4n) is 3.28. The fourth-order valence-corrected chi connectivity index (χ4v) is 3.28. The molecule has 2 aromatic heterocycles. The number of benzene rings is 1. The Kier molecular flexibility index (Phi) is 7.24. The van der Waals surface area contributed by atoms with Gasteiger partial charge in [0.05, 0.1) is 13.0 Å². The molecule has 0 bridgehead atoms. The largest absolute Gasteiger partial charge is 0.481 e. The van der Waals surface area contributed by atoms with Crippen molar-refractivity contribution in [1.29, 1.82) is 0 Å². The van der Waals surface area contributed by atoms with Gasteiger partial charge in [0.2, 0.25) is 0 Å². The summed E-state index contributed by atoms with van der Waals surface area (Å²) in [7, 11) is 1.94. The molecule has 0 saturated carbocycles. The minimum atomic E-state index is -0.858. The third-order valence-corrected chi connectivity index (χ3v) is 4.86. The number of imidazole rings is 1. The molecule has 0 saturated heterocycles. The van der Waals surface area contributed by atoms with Crippen LogP contribution in [0.15, 0.2) is 29.1 Å². The number of aliphatic carboxylic acids is 1. The predicted octanol–water partition coefficient (Wildman–Crippen LogP) is 1.64. The van der Waals surface area contributed by atoms with E-state index in [1.807, 2.05) is 30.1 Å². The van der Waals surface area contributed by atoms with E-state index in [2.05, 4.69) is 21.9 Å². The van der Waals surface area contributed by atoms with Gasteiger partial charge in [0, 0.05) is 19.6 Å². The number of hydrogen-bond acceptors (Lipinski definition) is 7. The predicted molar refractivity (Wildman–Crippen MR) is 117 cm³/mol. The lowest BCUT2D eigenvalue weighted by atomic mass is 10.1. The third kappa shape index (κ3) is 5.82. The normalized spacial score (nSPS) is 11.3. The van der Waals surface area contributed by atoms with E-state index in [4.69, 9.17) is 15.6 Å². The number of fused-ring (bicyclic) bond motifs is 1. The molecule has 3 aromatic rings. The Labute approximate surface area is 179 Å². The number of nitrogens with zero attached hydrogens (tertiary/aromatic N) is 4. The van der Waals surface area contributed by atoms with Crippen molar-refractivity contribution in [2.45, 2.75) is 39.3 Å². The summed E-state index contributed by atoms with van der Waals surface area (Å²) >= 11 is 0. The van der Waals surface area contributed by atoms with Gasteiger partial charge < -0.3 is 25.5 Å². The SMILES string of the molecule is CCCCOc1nc(N)c2[nH]c(=O)n(CCN(C)Cc3cccc(CC(=O)O)c3)c2n1. The third-order valence-electron chi connectivity index (χ3n) is 4.86. The number of carbonyl (C=O) groups is 1. The van der Waals surface area contributed by atoms with Gasteiger partial charge in [0.25, 0.3) is 0 Å². The van der Waals surface area contributed by atoms with E-state index in [-0.39, 0.29) is 23.9 Å². The van der Waals surface area contributed by atoms with Crippen LogP contribution in [0.4, 0.5) is 5.82 Å². The molecule has 0 aliphatic carbocycles. The summed E-state index contributed by atoms with van der Waals surface area (Å²) in [4.78, 5) is 36.6. The average Bonchev–Trinajstić information content (AvgIpc) is 3.02. The number of aromatic nitrogens is 4. The molecule has 10 nitrogen and oxygen atoms in total. The molecule has 0 aliphatic heterocycles. The second-order valence-electron chi connectivity index (χ2n) is 7.50. The Balaban J connectivity index is 1.70. The number of likely N-dealkylation sites (N-methyl/N-ethyl adjacent to an activating group) is 1. The topological polar surface area (TPSA) is 139 Å². The molecule has 0 fully saturated rings. The van der Waals surface area contributed by atoms with Crippen molar-refractivity contribution in [3.05, 3.63) is 45.9 Å². The molecule has 0 aliphatic rings. The smallest absolute Gasteiger partial charge is 0.327 e. The molecule has 0 atom stereocenters. The first-order chi connectivity index (χ1) is 14.9. The highest BCUT2D eigenvalue weighted by Gasteiger charge is 2.15. The Morgan fingerprint density at radius 1 is 1.32 bits per heavy atom. The van der Waals surface area contributed by atoms with Gasteiger partial charge in [-0.3, -0.25) is 9.36 Å². The molecule has 0 unspecified atom stereocenters. The van der Waals surface area contributed by atoms with E-state index < -0.39 is 5.97 Å². The van der Waals surface area contributed by atoms with Crippen LogP contribution in [0.25, 0.3) is 11.2 Å². The zero-order valence-corrected chi connectivity index (χ0v) is 17.8. The van der Waals surface area contributed by atoms with Gasteiger partial charge in [-0.05, 0) is 24.6 Å². The second kappa shape index (κ2) is 10.1. The first-order valence-corrected chi connectivity index (χ1v) is 10.2. The van der Waals surface area contributed by atoms with Gasteiger partial charge >= 0.3 is 17.7 Å². The van der Waals surface area contributed by atoms with E-state index >= 15 is 0 Å². The van der Waals surface area contributed by atoms with Crippen LogP contribution in [-0.4, -0.2) is 55.7 Å². The van der Waals surface area contributed by atoms with E-state index in [1.54, 1.807) is 6.07 Å². The quantitative estimate of drug-likeness (QED) is 0.392. The molecule has 2 heterocycles. The van der Waals surface area contributed by atoms with E-state index in [0.717, 1.165) is 24.0 Å². The van der Waals surface area contributed by atoms with Crippen molar-refractivity contribution in [2.24, 2.45) is 0 Å². The van der Waals surface area contributed by atoms with E-state index in [1.165, 1.54) is 4.57 Å². The minimum absolute atomic E-state index is 0.00786. The molecule has 3 rings (SSSR count). The zero-order valence-electron chi connectivity index (χ0n) is 17.8. The molecule has 0 amide bonds. The number of hydrogen-bond donors (Lipinski definition) is 3. The lowest BCUT2D eigenvalue weighted by Crippen LogP contribution is -2.27. The molecule has 4 N–H and O–H groups in total. The van der Waals surface area contributed by atoms with Gasteiger partial charge in [-0.25, -0.2) is 4.79 Å². The van der Waals surface area contributed by atoms with Crippen LogP contribution in [0.1, 0.15) is 30.9 Å². The maximum atomic E-state index is 12.4. The van der Waals surface area contributed by atoms with Gasteiger partial charge in [-0.2, -0.15) is 9.97 Å². The number of carboxylic acid groups (broad SMARTS) is 1. The van der Waals surface area contributed by atoms with Crippen molar-refractivity contribution in [3.8, 4) is 6.01 Å². The summed E-state index contributed by atoms with van der Waals surface area (Å²) in [6, 6.07) is 7.65. The van der Waals surface area contributed by atoms with Gasteiger partial charge in [-0.1, -0.05) is 37.6 Å². The monoisotopic (exact) mass is 428 g/mol. The van der Waals surface area contributed by atoms with Gasteiger partial charge in [0.1, 0.15) is 5.52 Å². The van der Waals surface area contributed by atoms with Gasteiger partial charge in [0.15, 0.2) is 11.5 Å². The van der Waals surface area contributed by atoms with Crippen molar-refractivity contribution in [3.63, 3.8) is 0 Å². The first kappa shape index (κ1) is 22.3. The van der Waals surface area contributed by atoms with Crippen LogP contribution in [0.2, 0.25) is 0 Å². The van der Waals surface area contributed by atoms with Gasteiger partial charge in [-0.15, -0.1) is 0 Å². The number of carboxylic acids is 1. The summed E-state index contributed by atoms with van der Waals surface area (Å²) in [5.41, 5.74) is 8.26. The maximum Gasteiger partial charge on any atom is 0.327 e. The van der Waals surface area contributed by atoms with E-state index in [9.17, 15) is 9.59 Å². The maximum absolute atomic E-state index is 12.4. The lowest BCUT2D eigenvalue weighted by molar-refractivity contribution is -0.136. The van der Waals surface area contributed by atoms with Crippen LogP contribution in [-0.2, 0) is 24.3 Å². The number of anilines is 1. The van der Waals surface area contributed by atoms with Crippen molar-refractivity contribution in [2.75, 3.05) is 25.9 Å². The summed E-state index contributed by atoms with van der Waals surface area (Å²) in [6.07, 6.45) is 1.85. The van der Waals surface area contributed by atoms with Crippen molar-refractivity contribution < 1.29 is 14.6 Å². The summed E-state index contributed by atoms with van der Waals surface area (Å²) in [5.74, 6) is -0.681. The molecule has 31 heavy (non-hydrogen) atoms. The molecular formula is C21H28N6O4. The Morgan fingerprint density at radius 2 is 2.10 bits per heavy atom. The highest BCUT2D eigenvalue weighted by atomic mass is 16.5. The average molecular weight is 428 g/mol. The number of H-pyrrole nitrogens is 1. The van der Waals surface area contributed by atoms with Crippen LogP contribution < -0.4 is 16.2 Å². The summed E-state index contributed by atoms with van der Waals surface area (Å²) in [5, 5.41) is 8.97. The molecule has 166 valence electrons. The highest BCUT2D eigenvalue weighted by molar-refractivity contribution is 5.81. The molecule has 1 aromatic carbocycles. The number of aromatic amines is 1. The van der Waals surface area contributed by atoms with Crippen molar-refractivity contribution in [1.82, 2.24) is 24.4 Å². The second-order valence-corrected chi connectivity index (χ2v) is 7.50. The first-order valence-electron chi connectivity index (χ1n) is 10.2. The van der Waals surface area contributed by atoms with Crippen LogP contribution in [0.3, 0.4) is 0 Å². The summed E-state index contributed by atoms with van der Waals surface area (Å²) in [6.45, 7) is 4.14. The van der Waals surface area contributed by atoms with Crippen molar-refractivity contribution >= 4 is 23.0 Å². The number of ether oxygens (including phenoxy) is 1. The molecule has 10 heteroatoms. The fraction of sp³-hybridized carbons (Fsp3) is 0.429. The number of nitrogen functional groups attached to an aromatic ring is 1. The number of nitrogens with two attached hydrogens (primary N) is 1. The van der Waals surface area contributed by atoms with E-state index in [0.29, 0.717) is 37.4 Å². The Bertz CT molecular complexity index is 1110. The molecule has 0 radical (unpaired) electrons. The highest BCUT2D eigenvalue weighted by Crippen LogP contribution is 2.18. The molecule has 0 spiro atoms. The lowest BCUT2D eigenvalue weighted by Gasteiger charge is -2.17.